The minimum Gasteiger partial charge on any atom is -0.312 e. The maximum absolute atomic E-state index is 3.59. The summed E-state index contributed by atoms with van der Waals surface area (Å²) in [6.07, 6.45) is 4.19. The first-order chi connectivity index (χ1) is 6.30. The molecule has 2 heterocycles. The van der Waals surface area contributed by atoms with Crippen LogP contribution in [0.5, 0.6) is 0 Å². The van der Waals surface area contributed by atoms with Crippen molar-refractivity contribution in [3.8, 4) is 0 Å². The Hall–Kier alpha value is 0.140. The fourth-order valence-electron chi connectivity index (χ4n) is 2.50. The maximum atomic E-state index is 3.59. The number of nitrogens with one attached hydrogen (secondary N) is 1. The van der Waals surface area contributed by atoms with E-state index in [4.69, 9.17) is 0 Å². The predicted molar refractivity (Wildman–Crippen MR) is 59.3 cm³/mol. The van der Waals surface area contributed by atoms with Crippen LogP contribution in [0.2, 0.25) is 0 Å². The van der Waals surface area contributed by atoms with E-state index in [9.17, 15) is 0 Å². The van der Waals surface area contributed by atoms with Gasteiger partial charge in [-0.05, 0) is 40.4 Å². The van der Waals surface area contributed by atoms with Gasteiger partial charge in [0.15, 0.2) is 0 Å². The average molecular weight is 258 g/mol. The molecule has 1 nitrogen and oxygen atoms in total. The quantitative estimate of drug-likeness (QED) is 0.754. The van der Waals surface area contributed by atoms with Crippen molar-refractivity contribution in [3.05, 3.63) is 20.3 Å². The SMILES string of the molecule is Brc1cc2c(s1)C1(CCC1)CNC2. The number of rotatable bonds is 0. The average Bonchev–Trinajstić information content (AvgIpc) is 2.41. The van der Waals surface area contributed by atoms with E-state index in [1.807, 2.05) is 11.3 Å². The molecule has 1 aromatic heterocycles. The van der Waals surface area contributed by atoms with Crippen LogP contribution in [0.1, 0.15) is 29.7 Å². The van der Waals surface area contributed by atoms with Crippen LogP contribution in [-0.4, -0.2) is 6.54 Å². The fraction of sp³-hybridized carbons (Fsp3) is 0.600. The number of halogens is 1. The second-order valence-corrected chi connectivity index (χ2v) is 6.57. The second-order valence-electron chi connectivity index (χ2n) is 4.14. The third kappa shape index (κ3) is 1.14. The van der Waals surface area contributed by atoms with Crippen molar-refractivity contribution in [3.63, 3.8) is 0 Å². The Bertz CT molecular complexity index is 341. The van der Waals surface area contributed by atoms with Crippen LogP contribution in [0.3, 0.4) is 0 Å². The van der Waals surface area contributed by atoms with E-state index in [1.165, 1.54) is 35.2 Å². The van der Waals surface area contributed by atoms with Crippen molar-refractivity contribution < 1.29 is 0 Å². The molecule has 1 aliphatic carbocycles. The second kappa shape index (κ2) is 2.81. The molecule has 3 rings (SSSR count). The Morgan fingerprint density at radius 1 is 1.46 bits per heavy atom. The molecular weight excluding hydrogens is 246 g/mol. The molecule has 70 valence electrons. The minimum atomic E-state index is 0.532. The minimum absolute atomic E-state index is 0.532. The van der Waals surface area contributed by atoms with Crippen molar-refractivity contribution >= 4 is 27.3 Å². The van der Waals surface area contributed by atoms with Crippen LogP contribution in [0, 0.1) is 0 Å². The molecule has 0 bridgehead atoms. The molecule has 0 unspecified atom stereocenters. The number of thiophene rings is 1. The first-order valence-electron chi connectivity index (χ1n) is 4.80. The molecule has 1 aliphatic heterocycles. The molecular formula is C10H12BrNS. The summed E-state index contributed by atoms with van der Waals surface area (Å²) in [5, 5.41) is 3.53. The van der Waals surface area contributed by atoms with E-state index < -0.39 is 0 Å². The van der Waals surface area contributed by atoms with Crippen LogP contribution in [0.4, 0.5) is 0 Å². The van der Waals surface area contributed by atoms with Gasteiger partial charge in [-0.15, -0.1) is 11.3 Å². The Morgan fingerprint density at radius 2 is 2.31 bits per heavy atom. The topological polar surface area (TPSA) is 12.0 Å². The standard InChI is InChI=1S/C10H12BrNS/c11-8-4-7-5-12-6-10(2-1-3-10)9(7)13-8/h4,12H,1-3,5-6H2. The van der Waals surface area contributed by atoms with Crippen LogP contribution >= 0.6 is 27.3 Å². The van der Waals surface area contributed by atoms with Gasteiger partial charge in [0.2, 0.25) is 0 Å². The van der Waals surface area contributed by atoms with E-state index in [-0.39, 0.29) is 0 Å². The van der Waals surface area contributed by atoms with E-state index in [2.05, 4.69) is 27.3 Å². The number of hydrogen-bond donors (Lipinski definition) is 1. The number of hydrogen-bond acceptors (Lipinski definition) is 2. The lowest BCUT2D eigenvalue weighted by Crippen LogP contribution is -2.46. The van der Waals surface area contributed by atoms with Gasteiger partial charge in [0.1, 0.15) is 0 Å². The largest absolute Gasteiger partial charge is 0.312 e. The number of fused-ring (bicyclic) bond motifs is 2. The lowest BCUT2D eigenvalue weighted by Gasteiger charge is -2.44. The molecule has 1 N–H and O–H groups in total. The molecule has 1 aromatic rings. The van der Waals surface area contributed by atoms with Crippen LogP contribution in [-0.2, 0) is 12.0 Å². The summed E-state index contributed by atoms with van der Waals surface area (Å²) in [6, 6.07) is 2.28. The van der Waals surface area contributed by atoms with E-state index in [1.54, 1.807) is 4.88 Å². The summed E-state index contributed by atoms with van der Waals surface area (Å²) in [6.45, 7) is 2.27. The summed E-state index contributed by atoms with van der Waals surface area (Å²) < 4.78 is 1.30. The zero-order valence-electron chi connectivity index (χ0n) is 7.40. The third-order valence-electron chi connectivity index (χ3n) is 3.35. The van der Waals surface area contributed by atoms with Crippen molar-refractivity contribution in [1.29, 1.82) is 0 Å². The molecule has 13 heavy (non-hydrogen) atoms. The van der Waals surface area contributed by atoms with Gasteiger partial charge in [0, 0.05) is 23.4 Å². The van der Waals surface area contributed by atoms with Crippen LogP contribution in [0.15, 0.2) is 9.85 Å². The van der Waals surface area contributed by atoms with Crippen molar-refractivity contribution in [1.82, 2.24) is 5.32 Å². The summed E-state index contributed by atoms with van der Waals surface area (Å²) >= 11 is 5.54. The summed E-state index contributed by atoms with van der Waals surface area (Å²) in [4.78, 5) is 1.66. The lowest BCUT2D eigenvalue weighted by molar-refractivity contribution is 0.225. The predicted octanol–water partition coefficient (Wildman–Crippen LogP) is 3.04. The zero-order chi connectivity index (χ0) is 8.89. The highest BCUT2D eigenvalue weighted by Crippen LogP contribution is 2.50. The normalized spacial score (nSPS) is 24.1. The smallest absolute Gasteiger partial charge is 0.0704 e. The summed E-state index contributed by atoms with van der Waals surface area (Å²) in [5.74, 6) is 0. The lowest BCUT2D eigenvalue weighted by atomic mass is 9.66. The monoisotopic (exact) mass is 257 g/mol. The van der Waals surface area contributed by atoms with Crippen LogP contribution < -0.4 is 5.32 Å². The molecule has 1 saturated carbocycles. The van der Waals surface area contributed by atoms with Gasteiger partial charge in [0.25, 0.3) is 0 Å². The molecule has 0 aromatic carbocycles. The maximum Gasteiger partial charge on any atom is 0.0704 e. The van der Waals surface area contributed by atoms with Gasteiger partial charge in [0.05, 0.1) is 3.79 Å². The van der Waals surface area contributed by atoms with Crippen molar-refractivity contribution in [2.24, 2.45) is 0 Å². The highest BCUT2D eigenvalue weighted by molar-refractivity contribution is 9.11. The highest BCUT2D eigenvalue weighted by Gasteiger charge is 2.42. The Kier molecular flexibility index (Phi) is 1.83. The van der Waals surface area contributed by atoms with Gasteiger partial charge >= 0.3 is 0 Å². The van der Waals surface area contributed by atoms with Crippen molar-refractivity contribution in [2.75, 3.05) is 6.54 Å². The van der Waals surface area contributed by atoms with E-state index in [0.29, 0.717) is 5.41 Å². The molecule has 1 fully saturated rings. The first kappa shape index (κ1) is 8.45. The highest BCUT2D eigenvalue weighted by atomic mass is 79.9. The van der Waals surface area contributed by atoms with Gasteiger partial charge in [-0.25, -0.2) is 0 Å². The molecule has 3 heteroatoms. The first-order valence-corrected chi connectivity index (χ1v) is 6.41. The third-order valence-corrected chi connectivity index (χ3v) is 5.28. The Labute approximate surface area is 90.7 Å². The summed E-state index contributed by atoms with van der Waals surface area (Å²) in [5.41, 5.74) is 2.06. The van der Waals surface area contributed by atoms with Crippen molar-refractivity contribution in [2.45, 2.75) is 31.2 Å². The Balaban J connectivity index is 2.10. The zero-order valence-corrected chi connectivity index (χ0v) is 9.80. The molecule has 2 aliphatic rings. The molecule has 1 spiro atoms. The molecule has 0 amide bonds. The van der Waals surface area contributed by atoms with Gasteiger partial charge in [-0.2, -0.15) is 0 Å². The fourth-order valence-corrected chi connectivity index (χ4v) is 4.41. The van der Waals surface area contributed by atoms with Gasteiger partial charge in [-0.3, -0.25) is 0 Å². The molecule has 0 radical (unpaired) electrons. The van der Waals surface area contributed by atoms with Gasteiger partial charge in [-0.1, -0.05) is 6.42 Å². The van der Waals surface area contributed by atoms with E-state index >= 15 is 0 Å². The molecule has 0 saturated heterocycles. The Morgan fingerprint density at radius 3 is 3.00 bits per heavy atom. The summed E-state index contributed by atoms with van der Waals surface area (Å²) in [7, 11) is 0. The van der Waals surface area contributed by atoms with Gasteiger partial charge < -0.3 is 5.32 Å². The van der Waals surface area contributed by atoms with E-state index in [0.717, 1.165) is 6.54 Å². The molecule has 0 atom stereocenters. The van der Waals surface area contributed by atoms with Crippen LogP contribution in [0.25, 0.3) is 0 Å².